The van der Waals surface area contributed by atoms with Crippen LogP contribution in [0.2, 0.25) is 0 Å². The van der Waals surface area contributed by atoms with Crippen LogP contribution in [-0.2, 0) is 0 Å². The normalized spacial score (nSPS) is 10.4. The first-order chi connectivity index (χ1) is 6.68. The van der Waals surface area contributed by atoms with E-state index in [0.717, 1.165) is 15.2 Å². The predicted octanol–water partition coefficient (Wildman–Crippen LogP) is 3.51. The van der Waals surface area contributed by atoms with Crippen LogP contribution in [0, 0.1) is 10.1 Å². The Labute approximate surface area is 88.6 Å². The van der Waals surface area contributed by atoms with Crippen molar-refractivity contribution in [2.45, 2.75) is 0 Å². The summed E-state index contributed by atoms with van der Waals surface area (Å²) in [4.78, 5) is 10.2. The smallest absolute Gasteiger partial charge is 0.258 e. The van der Waals surface area contributed by atoms with Crippen LogP contribution in [0.15, 0.2) is 40.9 Å². The molecule has 0 bridgehead atoms. The molecule has 0 radical (unpaired) electrons. The molecule has 2 aromatic carbocycles. The van der Waals surface area contributed by atoms with E-state index >= 15 is 0 Å². The molecule has 0 atom stereocenters. The summed E-state index contributed by atoms with van der Waals surface area (Å²) in [6, 6.07) is 10.5. The maximum Gasteiger partial charge on any atom is 0.270 e. The van der Waals surface area contributed by atoms with Gasteiger partial charge in [0, 0.05) is 22.0 Å². The largest absolute Gasteiger partial charge is 0.270 e. The van der Waals surface area contributed by atoms with Gasteiger partial charge in [-0.2, -0.15) is 0 Å². The lowest BCUT2D eigenvalue weighted by Gasteiger charge is -1.99. The fraction of sp³-hybridized carbons (Fsp3) is 0. The number of hydrogen-bond acceptors (Lipinski definition) is 2. The second-order valence-electron chi connectivity index (χ2n) is 2.90. The molecule has 0 fully saturated rings. The second kappa shape index (κ2) is 3.38. The van der Waals surface area contributed by atoms with Crippen molar-refractivity contribution in [3.05, 3.63) is 51.0 Å². The van der Waals surface area contributed by atoms with Gasteiger partial charge in [-0.15, -0.1) is 0 Å². The topological polar surface area (TPSA) is 43.1 Å². The maximum absolute atomic E-state index is 10.5. The Balaban J connectivity index is 2.76. The first kappa shape index (κ1) is 9.15. The molecule has 0 heterocycles. The van der Waals surface area contributed by atoms with E-state index in [2.05, 4.69) is 15.9 Å². The van der Waals surface area contributed by atoms with Crippen LogP contribution in [0.1, 0.15) is 0 Å². The molecule has 2 aromatic rings. The average molecular weight is 252 g/mol. The third kappa shape index (κ3) is 1.48. The molecule has 0 aromatic heterocycles. The van der Waals surface area contributed by atoms with Gasteiger partial charge in [-0.1, -0.05) is 28.1 Å². The summed E-state index contributed by atoms with van der Waals surface area (Å²) >= 11 is 3.36. The third-order valence-corrected chi connectivity index (χ3v) is 2.71. The van der Waals surface area contributed by atoms with E-state index in [1.54, 1.807) is 12.1 Å². The molecule has 4 heteroatoms. The lowest BCUT2D eigenvalue weighted by Crippen LogP contribution is -1.87. The van der Waals surface area contributed by atoms with Gasteiger partial charge in [0.25, 0.3) is 5.69 Å². The highest BCUT2D eigenvalue weighted by molar-refractivity contribution is 9.10. The van der Waals surface area contributed by atoms with Gasteiger partial charge in [0.15, 0.2) is 0 Å². The van der Waals surface area contributed by atoms with Crippen molar-refractivity contribution >= 4 is 32.4 Å². The van der Waals surface area contributed by atoms with E-state index in [4.69, 9.17) is 0 Å². The Kier molecular flexibility index (Phi) is 2.21. The molecule has 0 spiro atoms. The molecule has 0 aliphatic heterocycles. The first-order valence-electron chi connectivity index (χ1n) is 4.01. The number of nitrogens with zero attached hydrogens (tertiary/aromatic N) is 1. The second-order valence-corrected chi connectivity index (χ2v) is 3.76. The summed E-state index contributed by atoms with van der Waals surface area (Å²) in [5.41, 5.74) is 0.115. The highest BCUT2D eigenvalue weighted by Gasteiger charge is 2.06. The van der Waals surface area contributed by atoms with Gasteiger partial charge in [-0.05, 0) is 17.5 Å². The van der Waals surface area contributed by atoms with Crippen LogP contribution in [0.25, 0.3) is 10.8 Å². The summed E-state index contributed by atoms with van der Waals surface area (Å²) in [5.74, 6) is 0. The number of fused-ring (bicyclic) bond motifs is 1. The Morgan fingerprint density at radius 3 is 2.71 bits per heavy atom. The van der Waals surface area contributed by atoms with Crippen molar-refractivity contribution < 1.29 is 4.92 Å². The zero-order valence-corrected chi connectivity index (χ0v) is 8.69. The van der Waals surface area contributed by atoms with Gasteiger partial charge >= 0.3 is 0 Å². The number of non-ortho nitro benzene ring substituents is 1. The molecule has 0 unspecified atom stereocenters. The van der Waals surface area contributed by atoms with Gasteiger partial charge in [0.1, 0.15) is 0 Å². The molecule has 3 nitrogen and oxygen atoms in total. The molecule has 14 heavy (non-hydrogen) atoms. The maximum atomic E-state index is 10.5. The van der Waals surface area contributed by atoms with Crippen LogP contribution in [0.5, 0.6) is 0 Å². The first-order valence-corrected chi connectivity index (χ1v) is 4.80. The van der Waals surface area contributed by atoms with Crippen molar-refractivity contribution in [1.82, 2.24) is 0 Å². The van der Waals surface area contributed by atoms with Crippen molar-refractivity contribution in [2.75, 3.05) is 0 Å². The molecular formula is C10H6BrNO2. The summed E-state index contributed by atoms with van der Waals surface area (Å²) in [6.45, 7) is 0. The molecule has 0 amide bonds. The summed E-state index contributed by atoms with van der Waals surface area (Å²) in [5, 5.41) is 12.4. The number of nitro benzene ring substituents is 1. The van der Waals surface area contributed by atoms with E-state index in [1.807, 2.05) is 18.2 Å². The Bertz CT molecular complexity index is 510. The fourth-order valence-corrected chi connectivity index (χ4v) is 1.83. The number of hydrogen-bond donors (Lipinski definition) is 0. The van der Waals surface area contributed by atoms with E-state index in [-0.39, 0.29) is 5.69 Å². The minimum absolute atomic E-state index is 0.115. The molecule has 70 valence electrons. The quantitative estimate of drug-likeness (QED) is 0.575. The Morgan fingerprint density at radius 1 is 1.21 bits per heavy atom. The highest BCUT2D eigenvalue weighted by atomic mass is 79.9. The van der Waals surface area contributed by atoms with Gasteiger partial charge in [0.05, 0.1) is 4.92 Å². The van der Waals surface area contributed by atoms with Crippen LogP contribution in [-0.4, -0.2) is 4.92 Å². The van der Waals surface area contributed by atoms with Crippen LogP contribution in [0.4, 0.5) is 5.69 Å². The van der Waals surface area contributed by atoms with Crippen molar-refractivity contribution in [3.8, 4) is 0 Å². The Morgan fingerprint density at radius 2 is 2.00 bits per heavy atom. The monoisotopic (exact) mass is 251 g/mol. The molecule has 0 aliphatic carbocycles. The molecule has 0 saturated carbocycles. The lowest BCUT2D eigenvalue weighted by molar-refractivity contribution is -0.384. The van der Waals surface area contributed by atoms with E-state index in [9.17, 15) is 10.1 Å². The van der Waals surface area contributed by atoms with Crippen molar-refractivity contribution in [2.24, 2.45) is 0 Å². The standard InChI is InChI=1S/C10H6BrNO2/c11-10-3-1-2-7-4-5-8(12(13)14)6-9(7)10/h1-6H. The van der Waals surface area contributed by atoms with E-state index in [1.165, 1.54) is 6.07 Å². The SMILES string of the molecule is O=[N+]([O-])c1ccc2cccc(Br)c2c1. The summed E-state index contributed by atoms with van der Waals surface area (Å²) in [6.07, 6.45) is 0. The van der Waals surface area contributed by atoms with E-state index < -0.39 is 4.92 Å². The van der Waals surface area contributed by atoms with Gasteiger partial charge in [-0.3, -0.25) is 10.1 Å². The third-order valence-electron chi connectivity index (χ3n) is 2.02. The zero-order chi connectivity index (χ0) is 10.1. The number of nitro groups is 1. The number of benzene rings is 2. The lowest BCUT2D eigenvalue weighted by atomic mass is 10.1. The fourth-order valence-electron chi connectivity index (χ4n) is 1.34. The highest BCUT2D eigenvalue weighted by Crippen LogP contribution is 2.27. The Hall–Kier alpha value is -1.42. The molecule has 0 aliphatic rings. The molecule has 0 saturated heterocycles. The van der Waals surface area contributed by atoms with Crippen LogP contribution in [0.3, 0.4) is 0 Å². The number of rotatable bonds is 1. The minimum atomic E-state index is -0.390. The molecule has 0 N–H and O–H groups in total. The van der Waals surface area contributed by atoms with E-state index in [0.29, 0.717) is 0 Å². The van der Waals surface area contributed by atoms with Gasteiger partial charge < -0.3 is 0 Å². The van der Waals surface area contributed by atoms with Crippen molar-refractivity contribution in [3.63, 3.8) is 0 Å². The van der Waals surface area contributed by atoms with Gasteiger partial charge in [0.2, 0.25) is 0 Å². The van der Waals surface area contributed by atoms with Gasteiger partial charge in [-0.25, -0.2) is 0 Å². The minimum Gasteiger partial charge on any atom is -0.258 e. The molecular weight excluding hydrogens is 246 g/mol. The molecule has 2 rings (SSSR count). The zero-order valence-electron chi connectivity index (χ0n) is 7.11. The van der Waals surface area contributed by atoms with Crippen LogP contribution < -0.4 is 0 Å². The average Bonchev–Trinajstić information content (AvgIpc) is 2.18. The number of halogens is 1. The summed E-state index contributed by atoms with van der Waals surface area (Å²) in [7, 11) is 0. The predicted molar refractivity (Wildman–Crippen MR) is 58.3 cm³/mol. The van der Waals surface area contributed by atoms with Crippen LogP contribution >= 0.6 is 15.9 Å². The van der Waals surface area contributed by atoms with Crippen molar-refractivity contribution in [1.29, 1.82) is 0 Å². The summed E-state index contributed by atoms with van der Waals surface area (Å²) < 4.78 is 0.874.